The summed E-state index contributed by atoms with van der Waals surface area (Å²) in [6.45, 7) is 0.320. The Morgan fingerprint density at radius 2 is 2.21 bits per heavy atom. The van der Waals surface area contributed by atoms with E-state index in [4.69, 9.17) is 10.4 Å². The summed E-state index contributed by atoms with van der Waals surface area (Å²) in [4.78, 5) is 25.2. The van der Waals surface area contributed by atoms with E-state index in [0.717, 1.165) is 35.3 Å². The van der Waals surface area contributed by atoms with Crippen LogP contribution in [0.5, 0.6) is 0 Å². The zero-order valence-corrected chi connectivity index (χ0v) is 15.9. The first-order valence-corrected chi connectivity index (χ1v) is 9.64. The minimum Gasteiger partial charge on any atom is -0.393 e. The van der Waals surface area contributed by atoms with Crippen molar-refractivity contribution in [3.63, 3.8) is 0 Å². The number of imidazole rings is 1. The maximum atomic E-state index is 12.8. The normalized spacial score (nSPS) is 18.7. The van der Waals surface area contributed by atoms with E-state index in [-0.39, 0.29) is 5.91 Å². The third kappa shape index (κ3) is 3.47. The number of allylic oxidation sites excluding steroid dienone is 3. The molecule has 7 nitrogen and oxygen atoms in total. The van der Waals surface area contributed by atoms with E-state index in [9.17, 15) is 4.79 Å². The van der Waals surface area contributed by atoms with E-state index in [1.807, 2.05) is 18.2 Å². The van der Waals surface area contributed by atoms with Crippen LogP contribution in [-0.4, -0.2) is 40.2 Å². The summed E-state index contributed by atoms with van der Waals surface area (Å²) in [6, 6.07) is 1.84. The molecular formula is C21H24N6O. The van der Waals surface area contributed by atoms with Crippen molar-refractivity contribution in [2.75, 3.05) is 13.6 Å². The quantitative estimate of drug-likeness (QED) is 0.643. The van der Waals surface area contributed by atoms with Crippen LogP contribution in [0, 0.1) is 5.41 Å². The summed E-state index contributed by atoms with van der Waals surface area (Å²) in [5.41, 5.74) is 3.88. The Balaban J connectivity index is 1.54. The molecule has 2 aliphatic carbocycles. The zero-order valence-electron chi connectivity index (χ0n) is 15.9. The number of carbonyl (C=O) groups is 1. The van der Waals surface area contributed by atoms with Gasteiger partial charge in [0.25, 0.3) is 5.91 Å². The van der Waals surface area contributed by atoms with Crippen molar-refractivity contribution in [1.29, 1.82) is 5.41 Å². The summed E-state index contributed by atoms with van der Waals surface area (Å²) in [5, 5.41) is 13.9. The molecule has 2 aromatic rings. The van der Waals surface area contributed by atoms with Gasteiger partial charge in [0, 0.05) is 37.5 Å². The van der Waals surface area contributed by atoms with Gasteiger partial charge in [0.05, 0.1) is 16.7 Å². The van der Waals surface area contributed by atoms with Gasteiger partial charge in [-0.1, -0.05) is 25.0 Å². The molecular weight excluding hydrogens is 352 g/mol. The van der Waals surface area contributed by atoms with Crippen LogP contribution in [0.1, 0.15) is 47.9 Å². The third-order valence-corrected chi connectivity index (χ3v) is 5.30. The molecule has 2 heterocycles. The van der Waals surface area contributed by atoms with E-state index in [1.54, 1.807) is 25.5 Å². The monoisotopic (exact) mass is 376 g/mol. The Bertz CT molecular complexity index is 1010. The fourth-order valence-electron chi connectivity index (χ4n) is 3.86. The van der Waals surface area contributed by atoms with Gasteiger partial charge in [-0.2, -0.15) is 0 Å². The van der Waals surface area contributed by atoms with Crippen LogP contribution >= 0.6 is 0 Å². The van der Waals surface area contributed by atoms with Crippen LogP contribution in [0.3, 0.4) is 0 Å². The fraction of sp³-hybridized carbons (Fsp3) is 0.333. The van der Waals surface area contributed by atoms with Crippen molar-refractivity contribution < 1.29 is 4.79 Å². The summed E-state index contributed by atoms with van der Waals surface area (Å²) >= 11 is 0. The van der Waals surface area contributed by atoms with Crippen molar-refractivity contribution in [3.8, 4) is 0 Å². The summed E-state index contributed by atoms with van der Waals surface area (Å²) in [6.07, 6.45) is 13.6. The summed E-state index contributed by atoms with van der Waals surface area (Å²) < 4.78 is 0. The fourth-order valence-corrected chi connectivity index (χ4v) is 3.86. The number of aromatic nitrogens is 3. The van der Waals surface area contributed by atoms with Crippen LogP contribution in [0.2, 0.25) is 0 Å². The number of carbonyl (C=O) groups excluding carboxylic acids is 1. The third-order valence-electron chi connectivity index (χ3n) is 5.30. The molecule has 2 aliphatic rings. The van der Waals surface area contributed by atoms with Gasteiger partial charge in [0.15, 0.2) is 5.69 Å². The molecule has 4 rings (SSSR count). The molecule has 1 fully saturated rings. The Morgan fingerprint density at radius 1 is 1.39 bits per heavy atom. The first kappa shape index (κ1) is 18.2. The molecule has 0 aromatic carbocycles. The highest BCUT2D eigenvalue weighted by Crippen LogP contribution is 2.33. The molecule has 0 spiro atoms. The second kappa shape index (κ2) is 7.80. The number of nitrogens with one attached hydrogen (secondary N) is 4. The average Bonchev–Trinajstić information content (AvgIpc) is 3.37. The van der Waals surface area contributed by atoms with Crippen molar-refractivity contribution in [2.45, 2.75) is 31.6 Å². The predicted molar refractivity (Wildman–Crippen MR) is 110 cm³/mol. The van der Waals surface area contributed by atoms with E-state index in [0.29, 0.717) is 29.4 Å². The average molecular weight is 376 g/mol. The van der Waals surface area contributed by atoms with Gasteiger partial charge in [-0.25, -0.2) is 9.97 Å². The molecule has 1 amide bonds. The molecule has 0 bridgehead atoms. The van der Waals surface area contributed by atoms with Crippen molar-refractivity contribution in [3.05, 3.63) is 59.4 Å². The predicted octanol–water partition coefficient (Wildman–Crippen LogP) is 2.96. The van der Waals surface area contributed by atoms with Gasteiger partial charge in [-0.3, -0.25) is 4.79 Å². The number of fused-ring (bicyclic) bond motifs is 1. The van der Waals surface area contributed by atoms with Crippen LogP contribution in [0.25, 0.3) is 11.0 Å². The first-order valence-electron chi connectivity index (χ1n) is 9.64. The number of nitrogens with zero attached hydrogens (tertiary/aromatic N) is 2. The van der Waals surface area contributed by atoms with E-state index in [2.05, 4.69) is 20.6 Å². The lowest BCUT2D eigenvalue weighted by atomic mass is 9.97. The summed E-state index contributed by atoms with van der Waals surface area (Å²) in [5.74, 6) is 1.16. The Kier molecular flexibility index (Phi) is 5.06. The van der Waals surface area contributed by atoms with Crippen LogP contribution in [0.4, 0.5) is 0 Å². The number of hydrogen-bond donors (Lipinski definition) is 4. The van der Waals surface area contributed by atoms with Gasteiger partial charge in [0.2, 0.25) is 0 Å². The molecule has 4 N–H and O–H groups in total. The van der Waals surface area contributed by atoms with Crippen molar-refractivity contribution >= 4 is 22.7 Å². The topological polar surface area (TPSA) is 107 Å². The first-order chi connectivity index (χ1) is 13.7. The maximum absolute atomic E-state index is 12.8. The minimum absolute atomic E-state index is 0.252. The molecule has 7 heteroatoms. The van der Waals surface area contributed by atoms with Gasteiger partial charge >= 0.3 is 0 Å². The molecule has 0 saturated heterocycles. The number of rotatable bonds is 5. The summed E-state index contributed by atoms with van der Waals surface area (Å²) in [7, 11) is 1.79. The van der Waals surface area contributed by atoms with E-state index >= 15 is 0 Å². The molecule has 2 aromatic heterocycles. The van der Waals surface area contributed by atoms with Gasteiger partial charge in [-0.05, 0) is 30.6 Å². The standard InChI is InChI=1S/C21H24N6O/c1-23-12-15-14(7-4-8-16(15)22)11-25-21(28)19-18-17(9-10-24-19)26-20(27-18)13-5-2-3-6-13/h4,7-10,12-13,22-23H,2-3,5-6,11H2,1H3,(H,25,28)(H,26,27)/b15-12-,22-16?. The minimum atomic E-state index is -0.252. The lowest BCUT2D eigenvalue weighted by Crippen LogP contribution is -2.28. The lowest BCUT2D eigenvalue weighted by molar-refractivity contribution is 0.0954. The second-order valence-electron chi connectivity index (χ2n) is 7.15. The largest absolute Gasteiger partial charge is 0.393 e. The number of aromatic amines is 1. The molecule has 0 atom stereocenters. The number of amides is 1. The molecule has 0 radical (unpaired) electrons. The number of H-pyrrole nitrogens is 1. The molecule has 28 heavy (non-hydrogen) atoms. The molecule has 144 valence electrons. The highest BCUT2D eigenvalue weighted by Gasteiger charge is 2.23. The molecule has 1 saturated carbocycles. The van der Waals surface area contributed by atoms with Gasteiger partial charge in [-0.15, -0.1) is 0 Å². The highest BCUT2D eigenvalue weighted by molar-refractivity contribution is 6.11. The molecule has 0 unspecified atom stereocenters. The smallest absolute Gasteiger partial charge is 0.272 e. The Hall–Kier alpha value is -3.22. The van der Waals surface area contributed by atoms with Crippen LogP contribution in [0.15, 0.2) is 47.8 Å². The van der Waals surface area contributed by atoms with Crippen molar-refractivity contribution in [1.82, 2.24) is 25.6 Å². The SMILES string of the molecule is CN/C=C1\C(=N)C=CC=C1CNC(=O)c1nccc2nc(C3CCCC3)[nH]c12. The van der Waals surface area contributed by atoms with Crippen LogP contribution < -0.4 is 10.6 Å². The number of pyridine rings is 1. The number of hydrogen-bond acceptors (Lipinski definition) is 5. The zero-order chi connectivity index (χ0) is 19.5. The van der Waals surface area contributed by atoms with Gasteiger partial charge < -0.3 is 21.0 Å². The lowest BCUT2D eigenvalue weighted by Gasteiger charge is -2.15. The van der Waals surface area contributed by atoms with Crippen molar-refractivity contribution in [2.24, 2.45) is 0 Å². The Labute approximate surface area is 163 Å². The van der Waals surface area contributed by atoms with E-state index in [1.165, 1.54) is 12.8 Å². The second-order valence-corrected chi connectivity index (χ2v) is 7.15. The van der Waals surface area contributed by atoms with E-state index < -0.39 is 0 Å². The Morgan fingerprint density at radius 3 is 3.00 bits per heavy atom. The maximum Gasteiger partial charge on any atom is 0.272 e. The highest BCUT2D eigenvalue weighted by atomic mass is 16.1. The molecule has 0 aliphatic heterocycles. The van der Waals surface area contributed by atoms with Crippen LogP contribution in [-0.2, 0) is 0 Å². The van der Waals surface area contributed by atoms with Gasteiger partial charge in [0.1, 0.15) is 5.82 Å².